The molecule has 0 amide bonds. The predicted octanol–water partition coefficient (Wildman–Crippen LogP) is 1.89. The van der Waals surface area contributed by atoms with Gasteiger partial charge in [-0.25, -0.2) is 0 Å². The van der Waals surface area contributed by atoms with Crippen LogP contribution in [-0.2, 0) is 4.74 Å². The molecule has 1 aromatic rings. The van der Waals surface area contributed by atoms with Crippen LogP contribution in [0.4, 0.5) is 5.69 Å². The van der Waals surface area contributed by atoms with Gasteiger partial charge in [0.25, 0.3) is 0 Å². The van der Waals surface area contributed by atoms with Gasteiger partial charge in [0.15, 0.2) is 0 Å². The van der Waals surface area contributed by atoms with Gasteiger partial charge in [-0.3, -0.25) is 0 Å². The van der Waals surface area contributed by atoms with Crippen LogP contribution in [0.15, 0.2) is 24.3 Å². The van der Waals surface area contributed by atoms with Crippen molar-refractivity contribution in [1.29, 1.82) is 0 Å². The van der Waals surface area contributed by atoms with Crippen molar-refractivity contribution in [2.75, 3.05) is 38.8 Å². The number of benzene rings is 1. The number of likely N-dealkylation sites (N-methyl/N-ethyl adjacent to an activating group) is 1. The molecule has 0 aliphatic heterocycles. The molecule has 1 rings (SSSR count). The van der Waals surface area contributed by atoms with Crippen molar-refractivity contribution in [3.63, 3.8) is 0 Å². The third kappa shape index (κ3) is 3.37. The average Bonchev–Trinajstić information content (AvgIpc) is 2.44. The highest BCUT2D eigenvalue weighted by Gasteiger charge is 2.28. The Kier molecular flexibility index (Phi) is 5.44. The van der Waals surface area contributed by atoms with E-state index < -0.39 is 0 Å². The zero-order valence-electron chi connectivity index (χ0n) is 11.8. The van der Waals surface area contributed by atoms with Crippen LogP contribution in [0.2, 0.25) is 0 Å². The largest absolute Gasteiger partial charge is 0.497 e. The second-order valence-corrected chi connectivity index (χ2v) is 4.60. The number of anilines is 1. The summed E-state index contributed by atoms with van der Waals surface area (Å²) in [4.78, 5) is 2.15. The molecule has 0 heterocycles. The highest BCUT2D eigenvalue weighted by Crippen LogP contribution is 2.24. The second-order valence-electron chi connectivity index (χ2n) is 4.60. The molecule has 0 spiro atoms. The molecule has 0 aromatic heterocycles. The zero-order chi connectivity index (χ0) is 13.6. The minimum absolute atomic E-state index is 0.204. The topological polar surface area (TPSA) is 47.7 Å². The summed E-state index contributed by atoms with van der Waals surface area (Å²) < 4.78 is 10.7. The molecule has 0 saturated carbocycles. The third-order valence-electron chi connectivity index (χ3n) is 3.33. The number of rotatable bonds is 7. The van der Waals surface area contributed by atoms with Crippen LogP contribution >= 0.6 is 0 Å². The molecule has 18 heavy (non-hydrogen) atoms. The number of nitrogens with zero attached hydrogens (tertiary/aromatic N) is 1. The first-order valence-electron chi connectivity index (χ1n) is 6.23. The summed E-state index contributed by atoms with van der Waals surface area (Å²) in [5.74, 6) is 0.853. The quantitative estimate of drug-likeness (QED) is 0.805. The van der Waals surface area contributed by atoms with E-state index in [-0.39, 0.29) is 5.54 Å². The summed E-state index contributed by atoms with van der Waals surface area (Å²) in [5.41, 5.74) is 6.79. The molecule has 2 N–H and O–H groups in total. The van der Waals surface area contributed by atoms with E-state index in [1.54, 1.807) is 7.11 Å². The Morgan fingerprint density at radius 3 is 2.33 bits per heavy atom. The maximum atomic E-state index is 5.90. The number of hydrogen-bond donors (Lipinski definition) is 1. The van der Waals surface area contributed by atoms with Crippen LogP contribution in [0.5, 0.6) is 5.75 Å². The van der Waals surface area contributed by atoms with E-state index in [1.807, 2.05) is 38.2 Å². The Hall–Kier alpha value is -1.26. The first-order chi connectivity index (χ1) is 8.57. The van der Waals surface area contributed by atoms with Crippen LogP contribution in [0, 0.1) is 0 Å². The standard InChI is InChI=1S/C14H24N2O2/c1-5-18-11-14(2,10-15)16(3)12-6-8-13(17-4)9-7-12/h6-9H,5,10-11,15H2,1-4H3. The van der Waals surface area contributed by atoms with Crippen LogP contribution in [0.25, 0.3) is 0 Å². The molecule has 0 radical (unpaired) electrons. The lowest BCUT2D eigenvalue weighted by atomic mass is 10.0. The van der Waals surface area contributed by atoms with Crippen molar-refractivity contribution < 1.29 is 9.47 Å². The number of methoxy groups -OCH3 is 1. The van der Waals surface area contributed by atoms with Crippen molar-refractivity contribution in [2.24, 2.45) is 5.73 Å². The molecule has 102 valence electrons. The summed E-state index contributed by atoms with van der Waals surface area (Å²) in [7, 11) is 3.70. The molecule has 1 unspecified atom stereocenters. The van der Waals surface area contributed by atoms with Crippen molar-refractivity contribution in [1.82, 2.24) is 0 Å². The van der Waals surface area contributed by atoms with E-state index in [0.29, 0.717) is 19.8 Å². The number of hydrogen-bond acceptors (Lipinski definition) is 4. The smallest absolute Gasteiger partial charge is 0.119 e. The van der Waals surface area contributed by atoms with Crippen LogP contribution in [0.3, 0.4) is 0 Å². The predicted molar refractivity (Wildman–Crippen MR) is 75.3 cm³/mol. The lowest BCUT2D eigenvalue weighted by molar-refractivity contribution is 0.102. The monoisotopic (exact) mass is 252 g/mol. The molecule has 0 aliphatic rings. The minimum Gasteiger partial charge on any atom is -0.497 e. The first kappa shape index (κ1) is 14.8. The van der Waals surface area contributed by atoms with Gasteiger partial charge in [0.05, 0.1) is 19.3 Å². The Labute approximate surface area is 110 Å². The van der Waals surface area contributed by atoms with Gasteiger partial charge in [-0.2, -0.15) is 0 Å². The Bertz CT molecular complexity index is 353. The first-order valence-corrected chi connectivity index (χ1v) is 6.23. The molecule has 4 heteroatoms. The van der Waals surface area contributed by atoms with Crippen molar-refractivity contribution in [3.05, 3.63) is 24.3 Å². The van der Waals surface area contributed by atoms with Gasteiger partial charge in [0.1, 0.15) is 5.75 Å². The van der Waals surface area contributed by atoms with Crippen molar-refractivity contribution >= 4 is 5.69 Å². The Balaban J connectivity index is 2.84. The lowest BCUT2D eigenvalue weighted by Crippen LogP contribution is -2.53. The fourth-order valence-electron chi connectivity index (χ4n) is 1.73. The summed E-state index contributed by atoms with van der Waals surface area (Å²) in [6, 6.07) is 7.95. The van der Waals surface area contributed by atoms with E-state index >= 15 is 0 Å². The molecule has 0 fully saturated rings. The fraction of sp³-hybridized carbons (Fsp3) is 0.571. The molecule has 0 aliphatic carbocycles. The molecule has 4 nitrogen and oxygen atoms in total. The van der Waals surface area contributed by atoms with Gasteiger partial charge in [-0.1, -0.05) is 0 Å². The highest BCUT2D eigenvalue weighted by atomic mass is 16.5. The maximum absolute atomic E-state index is 5.90. The van der Waals surface area contributed by atoms with E-state index in [4.69, 9.17) is 15.2 Å². The van der Waals surface area contributed by atoms with Crippen molar-refractivity contribution in [2.45, 2.75) is 19.4 Å². The zero-order valence-corrected chi connectivity index (χ0v) is 11.8. The maximum Gasteiger partial charge on any atom is 0.119 e. The van der Waals surface area contributed by atoms with Gasteiger partial charge in [0, 0.05) is 25.9 Å². The lowest BCUT2D eigenvalue weighted by Gasteiger charge is -2.39. The normalized spacial score (nSPS) is 14.1. The molecule has 1 aromatic carbocycles. The van der Waals surface area contributed by atoms with Gasteiger partial charge in [0.2, 0.25) is 0 Å². The Morgan fingerprint density at radius 2 is 1.89 bits per heavy atom. The third-order valence-corrected chi connectivity index (χ3v) is 3.33. The summed E-state index contributed by atoms with van der Waals surface area (Å²) in [6.45, 7) is 5.95. The van der Waals surface area contributed by atoms with E-state index in [0.717, 1.165) is 11.4 Å². The molecular formula is C14H24N2O2. The number of ether oxygens (including phenoxy) is 2. The van der Waals surface area contributed by atoms with Gasteiger partial charge >= 0.3 is 0 Å². The van der Waals surface area contributed by atoms with Crippen LogP contribution in [-0.4, -0.2) is 39.5 Å². The van der Waals surface area contributed by atoms with Gasteiger partial charge in [-0.15, -0.1) is 0 Å². The molecule has 1 atom stereocenters. The highest BCUT2D eigenvalue weighted by molar-refractivity contribution is 5.50. The van der Waals surface area contributed by atoms with Gasteiger partial charge < -0.3 is 20.1 Å². The summed E-state index contributed by atoms with van der Waals surface area (Å²) in [5, 5.41) is 0. The summed E-state index contributed by atoms with van der Waals surface area (Å²) >= 11 is 0. The second kappa shape index (κ2) is 6.61. The van der Waals surface area contributed by atoms with Crippen LogP contribution in [0.1, 0.15) is 13.8 Å². The molecular weight excluding hydrogens is 228 g/mol. The van der Waals surface area contributed by atoms with Crippen LogP contribution < -0.4 is 15.4 Å². The number of nitrogens with two attached hydrogens (primary N) is 1. The average molecular weight is 252 g/mol. The van der Waals surface area contributed by atoms with E-state index in [9.17, 15) is 0 Å². The fourth-order valence-corrected chi connectivity index (χ4v) is 1.73. The summed E-state index contributed by atoms with van der Waals surface area (Å²) in [6.07, 6.45) is 0. The molecule has 0 saturated heterocycles. The van der Waals surface area contributed by atoms with Gasteiger partial charge in [-0.05, 0) is 38.1 Å². The van der Waals surface area contributed by atoms with E-state index in [1.165, 1.54) is 0 Å². The Morgan fingerprint density at radius 1 is 1.28 bits per heavy atom. The van der Waals surface area contributed by atoms with Crippen molar-refractivity contribution in [3.8, 4) is 5.75 Å². The van der Waals surface area contributed by atoms with E-state index in [2.05, 4.69) is 11.8 Å². The molecule has 0 bridgehead atoms. The minimum atomic E-state index is -0.204. The SMILES string of the molecule is CCOCC(C)(CN)N(C)c1ccc(OC)cc1.